The lowest BCUT2D eigenvalue weighted by Gasteiger charge is -2.18. The average molecular weight is 328 g/mol. The highest BCUT2D eigenvalue weighted by molar-refractivity contribution is 6.34. The fourth-order valence-electron chi connectivity index (χ4n) is 2.78. The summed E-state index contributed by atoms with van der Waals surface area (Å²) in [5.74, 6) is 0.428. The number of hydrogen-bond donors (Lipinski definition) is 2. The Balaban J connectivity index is 1.45. The van der Waals surface area contributed by atoms with Crippen molar-refractivity contribution in [2.24, 2.45) is 0 Å². The zero-order valence-corrected chi connectivity index (χ0v) is 13.5. The normalized spacial score (nSPS) is 17.0. The Hall–Kier alpha value is -1.91. The van der Waals surface area contributed by atoms with E-state index in [0.29, 0.717) is 23.1 Å². The number of aromatic nitrogens is 2. The van der Waals surface area contributed by atoms with Crippen molar-refractivity contribution in [3.8, 4) is 0 Å². The molecule has 23 heavy (non-hydrogen) atoms. The topological polar surface area (TPSA) is 57.8 Å². The fraction of sp³-hybridized carbons (Fsp3) is 0.333. The number of nitrogens with zero attached hydrogens (tertiary/aromatic N) is 1. The maximum Gasteiger partial charge on any atom is 0.188 e. The highest BCUT2D eigenvalue weighted by Gasteiger charge is 2.30. The van der Waals surface area contributed by atoms with Crippen molar-refractivity contribution in [2.75, 3.05) is 13.1 Å². The number of ketones is 1. The van der Waals surface area contributed by atoms with Gasteiger partial charge in [-0.3, -0.25) is 9.89 Å². The van der Waals surface area contributed by atoms with Crippen LogP contribution in [0.1, 0.15) is 46.1 Å². The molecule has 0 spiro atoms. The van der Waals surface area contributed by atoms with E-state index < -0.39 is 0 Å². The van der Waals surface area contributed by atoms with Crippen LogP contribution in [0.2, 0.25) is 5.02 Å². The molecule has 1 aliphatic carbocycles. The second-order valence-electron chi connectivity index (χ2n) is 6.32. The van der Waals surface area contributed by atoms with E-state index >= 15 is 0 Å². The number of halogens is 1. The third-order valence-corrected chi connectivity index (χ3v) is 4.78. The molecular formula is C18H18ClN3O. The summed E-state index contributed by atoms with van der Waals surface area (Å²) in [7, 11) is 0. The molecule has 2 fully saturated rings. The molecule has 2 aliphatic rings. The third-order valence-electron chi connectivity index (χ3n) is 4.40. The summed E-state index contributed by atoms with van der Waals surface area (Å²) in [6.07, 6.45) is 4.77. The molecule has 0 radical (unpaired) electrons. The summed E-state index contributed by atoms with van der Waals surface area (Å²) in [6.45, 7) is 1.95. The monoisotopic (exact) mass is 327 g/mol. The highest BCUT2D eigenvalue weighted by atomic mass is 35.5. The molecule has 1 saturated heterocycles. The first-order valence-electron chi connectivity index (χ1n) is 7.97. The standard InChI is InChI=1S/C18H18ClN3O/c19-16-17(14-5-6-14)21-22-18(16)15(23)8-12-3-1-11(2-4-12)7-13-9-20-10-13/h1-4,7,14,20H,5-6,8-10H2,(H,21,22). The van der Waals surface area contributed by atoms with Gasteiger partial charge in [0.2, 0.25) is 0 Å². The lowest BCUT2D eigenvalue weighted by atomic mass is 10.0. The molecule has 4 rings (SSSR count). The molecule has 1 saturated carbocycles. The van der Waals surface area contributed by atoms with Crippen LogP contribution in [0, 0.1) is 0 Å². The van der Waals surface area contributed by atoms with Crippen LogP contribution in [0.4, 0.5) is 0 Å². The van der Waals surface area contributed by atoms with Crippen molar-refractivity contribution in [3.05, 3.63) is 57.4 Å². The Labute approximate surface area is 139 Å². The minimum Gasteiger partial charge on any atom is -0.309 e. The second-order valence-corrected chi connectivity index (χ2v) is 6.70. The van der Waals surface area contributed by atoms with E-state index in [-0.39, 0.29) is 5.78 Å². The maximum atomic E-state index is 12.4. The molecule has 1 aliphatic heterocycles. The van der Waals surface area contributed by atoms with Crippen LogP contribution in [-0.4, -0.2) is 29.1 Å². The van der Waals surface area contributed by atoms with E-state index in [9.17, 15) is 4.79 Å². The van der Waals surface area contributed by atoms with Crippen molar-refractivity contribution in [1.82, 2.24) is 15.5 Å². The van der Waals surface area contributed by atoms with Crippen LogP contribution in [0.3, 0.4) is 0 Å². The van der Waals surface area contributed by atoms with E-state index in [1.54, 1.807) is 0 Å². The smallest absolute Gasteiger partial charge is 0.188 e. The van der Waals surface area contributed by atoms with E-state index in [1.165, 1.54) is 11.1 Å². The van der Waals surface area contributed by atoms with E-state index in [1.807, 2.05) is 12.1 Å². The van der Waals surface area contributed by atoms with Gasteiger partial charge in [0.05, 0.1) is 10.7 Å². The molecular weight excluding hydrogens is 310 g/mol. The van der Waals surface area contributed by atoms with Gasteiger partial charge in [-0.05, 0) is 29.5 Å². The Morgan fingerprint density at radius 2 is 2.00 bits per heavy atom. The molecule has 0 atom stereocenters. The Morgan fingerprint density at radius 3 is 2.61 bits per heavy atom. The molecule has 2 aromatic rings. The molecule has 0 bridgehead atoms. The van der Waals surface area contributed by atoms with Gasteiger partial charge >= 0.3 is 0 Å². The van der Waals surface area contributed by atoms with Gasteiger partial charge < -0.3 is 5.32 Å². The quantitative estimate of drug-likeness (QED) is 0.828. The molecule has 118 valence electrons. The Kier molecular flexibility index (Phi) is 3.79. The molecule has 2 heterocycles. The summed E-state index contributed by atoms with van der Waals surface area (Å²) in [4.78, 5) is 12.4. The van der Waals surface area contributed by atoms with E-state index in [0.717, 1.165) is 37.2 Å². The van der Waals surface area contributed by atoms with E-state index in [4.69, 9.17) is 11.6 Å². The van der Waals surface area contributed by atoms with Crippen molar-refractivity contribution >= 4 is 23.5 Å². The zero-order valence-electron chi connectivity index (χ0n) is 12.7. The number of carbonyl (C=O) groups excluding carboxylic acids is 1. The van der Waals surface area contributed by atoms with Crippen LogP contribution in [0.5, 0.6) is 0 Å². The largest absolute Gasteiger partial charge is 0.309 e. The predicted molar refractivity (Wildman–Crippen MR) is 90.9 cm³/mol. The first-order valence-corrected chi connectivity index (χ1v) is 8.34. The summed E-state index contributed by atoms with van der Waals surface area (Å²) >= 11 is 6.30. The number of H-pyrrole nitrogens is 1. The second kappa shape index (κ2) is 5.95. The van der Waals surface area contributed by atoms with Crippen LogP contribution in [-0.2, 0) is 6.42 Å². The first-order chi connectivity index (χ1) is 11.2. The van der Waals surface area contributed by atoms with Crippen molar-refractivity contribution < 1.29 is 4.79 Å². The van der Waals surface area contributed by atoms with Gasteiger partial charge in [0, 0.05) is 25.4 Å². The van der Waals surface area contributed by atoms with Crippen LogP contribution >= 0.6 is 11.6 Å². The average Bonchev–Trinajstić information content (AvgIpc) is 3.27. The lowest BCUT2D eigenvalue weighted by Crippen LogP contribution is -2.33. The number of Topliss-reactive ketones (excluding diaryl/α,β-unsaturated/α-hetero) is 1. The van der Waals surface area contributed by atoms with Crippen molar-refractivity contribution in [2.45, 2.75) is 25.2 Å². The highest BCUT2D eigenvalue weighted by Crippen LogP contribution is 2.42. The predicted octanol–water partition coefficient (Wildman–Crippen LogP) is 3.35. The van der Waals surface area contributed by atoms with Gasteiger partial charge in [-0.2, -0.15) is 5.10 Å². The van der Waals surface area contributed by atoms with Gasteiger partial charge in [-0.15, -0.1) is 0 Å². The van der Waals surface area contributed by atoms with Crippen LogP contribution in [0.25, 0.3) is 6.08 Å². The third kappa shape index (κ3) is 3.09. The fourth-order valence-corrected chi connectivity index (χ4v) is 3.12. The Bertz CT molecular complexity index is 766. The minimum atomic E-state index is -0.0348. The van der Waals surface area contributed by atoms with Gasteiger partial charge in [0.1, 0.15) is 5.69 Å². The summed E-state index contributed by atoms with van der Waals surface area (Å²) in [6, 6.07) is 8.10. The molecule has 0 unspecified atom stereocenters. The van der Waals surface area contributed by atoms with Crippen LogP contribution < -0.4 is 5.32 Å². The number of carbonyl (C=O) groups is 1. The molecule has 0 amide bonds. The molecule has 4 nitrogen and oxygen atoms in total. The summed E-state index contributed by atoms with van der Waals surface area (Å²) < 4.78 is 0. The van der Waals surface area contributed by atoms with Gasteiger partial charge in [0.25, 0.3) is 0 Å². The van der Waals surface area contributed by atoms with Gasteiger partial charge in [0.15, 0.2) is 5.78 Å². The number of hydrogen-bond acceptors (Lipinski definition) is 3. The Morgan fingerprint density at radius 1 is 1.26 bits per heavy atom. The van der Waals surface area contributed by atoms with Gasteiger partial charge in [-0.25, -0.2) is 0 Å². The van der Waals surface area contributed by atoms with E-state index in [2.05, 4.69) is 33.7 Å². The SMILES string of the molecule is O=C(Cc1ccc(C=C2CNC2)cc1)c1n[nH]c(C2CC2)c1Cl. The number of benzene rings is 1. The first kappa shape index (κ1) is 14.7. The lowest BCUT2D eigenvalue weighted by molar-refractivity contribution is 0.0988. The molecule has 1 aromatic carbocycles. The maximum absolute atomic E-state index is 12.4. The van der Waals surface area contributed by atoms with Crippen LogP contribution in [0.15, 0.2) is 29.8 Å². The number of rotatable bonds is 5. The minimum absolute atomic E-state index is 0.0348. The van der Waals surface area contributed by atoms with Crippen molar-refractivity contribution in [1.29, 1.82) is 0 Å². The van der Waals surface area contributed by atoms with Gasteiger partial charge in [-0.1, -0.05) is 41.9 Å². The number of aromatic amines is 1. The number of nitrogens with one attached hydrogen (secondary N) is 2. The zero-order chi connectivity index (χ0) is 15.8. The molecule has 5 heteroatoms. The summed E-state index contributed by atoms with van der Waals surface area (Å²) in [5.41, 5.74) is 4.86. The molecule has 1 aromatic heterocycles. The summed E-state index contributed by atoms with van der Waals surface area (Å²) in [5, 5.41) is 10.8. The van der Waals surface area contributed by atoms with Crippen molar-refractivity contribution in [3.63, 3.8) is 0 Å². The molecule has 2 N–H and O–H groups in total.